The molecule has 14 heavy (non-hydrogen) atoms. The summed E-state index contributed by atoms with van der Waals surface area (Å²) in [5.74, 6) is -1.07. The molecule has 0 aliphatic heterocycles. The molecule has 0 amide bonds. The zero-order chi connectivity index (χ0) is 11.2. The van der Waals surface area contributed by atoms with Crippen molar-refractivity contribution < 1.29 is 14.7 Å². The van der Waals surface area contributed by atoms with E-state index in [4.69, 9.17) is 16.1 Å². The van der Waals surface area contributed by atoms with Crippen LogP contribution in [0.2, 0.25) is 0 Å². The summed E-state index contributed by atoms with van der Waals surface area (Å²) in [4.78, 5) is 21.4. The van der Waals surface area contributed by atoms with Gasteiger partial charge in [-0.1, -0.05) is 0 Å². The van der Waals surface area contributed by atoms with E-state index in [0.717, 1.165) is 0 Å². The van der Waals surface area contributed by atoms with Crippen LogP contribution in [-0.4, -0.2) is 40.2 Å². The number of thioether (sulfide) groups is 2. The molecular formula is C7H10N2O3S2. The van der Waals surface area contributed by atoms with Crippen LogP contribution in [0.1, 0.15) is 0 Å². The van der Waals surface area contributed by atoms with Crippen LogP contribution in [0, 0.1) is 10.7 Å². The highest BCUT2D eigenvalue weighted by molar-refractivity contribution is 8.06. The van der Waals surface area contributed by atoms with Crippen molar-refractivity contribution in [1.29, 1.82) is 5.26 Å². The van der Waals surface area contributed by atoms with Gasteiger partial charge in [-0.2, -0.15) is 17.0 Å². The summed E-state index contributed by atoms with van der Waals surface area (Å²) < 4.78 is 0. The maximum Gasteiger partial charge on any atom is 0.332 e. The second kappa shape index (κ2) is 5.90. The van der Waals surface area contributed by atoms with Crippen molar-refractivity contribution in [3.8, 4) is 5.40 Å². The van der Waals surface area contributed by atoms with Gasteiger partial charge >= 0.3 is 5.97 Å². The monoisotopic (exact) mass is 234 g/mol. The number of carboxylic acids is 1. The largest absolute Gasteiger partial charge is 0.480 e. The van der Waals surface area contributed by atoms with Gasteiger partial charge in [-0.15, -0.1) is 0 Å². The normalized spacial score (nSPS) is 16.4. The third kappa shape index (κ3) is 2.90. The van der Waals surface area contributed by atoms with Gasteiger partial charge in [0, 0.05) is 5.75 Å². The second-order valence-corrected chi connectivity index (χ2v) is 4.41. The van der Waals surface area contributed by atoms with E-state index in [-0.39, 0.29) is 6.29 Å². The fourth-order valence-corrected chi connectivity index (χ4v) is 2.49. The molecule has 0 saturated carbocycles. The van der Waals surface area contributed by atoms with E-state index in [1.54, 1.807) is 11.7 Å². The molecule has 0 aromatic heterocycles. The lowest BCUT2D eigenvalue weighted by Gasteiger charge is -2.25. The van der Waals surface area contributed by atoms with Crippen molar-refractivity contribution in [2.75, 3.05) is 12.0 Å². The molecule has 2 unspecified atom stereocenters. The van der Waals surface area contributed by atoms with Crippen molar-refractivity contribution >= 4 is 35.8 Å². The van der Waals surface area contributed by atoms with E-state index in [0.29, 0.717) is 17.5 Å². The molecule has 0 saturated heterocycles. The van der Waals surface area contributed by atoms with Crippen LogP contribution >= 0.6 is 23.5 Å². The molecule has 0 fully saturated rings. The first kappa shape index (κ1) is 13.3. The molecule has 78 valence electrons. The average molecular weight is 234 g/mol. The number of nitrogens with two attached hydrogens (primary N) is 1. The highest BCUT2D eigenvalue weighted by Crippen LogP contribution is 2.23. The lowest BCUT2D eigenvalue weighted by Crippen LogP contribution is -2.58. The number of carboxylic acid groups (broad SMARTS) is 1. The Balaban J connectivity index is 4.83. The van der Waals surface area contributed by atoms with Gasteiger partial charge in [0.05, 0.1) is 5.25 Å². The number of rotatable bonds is 6. The van der Waals surface area contributed by atoms with Crippen LogP contribution < -0.4 is 5.73 Å². The number of hydrogen-bond acceptors (Lipinski definition) is 6. The van der Waals surface area contributed by atoms with Crippen molar-refractivity contribution in [2.24, 2.45) is 5.73 Å². The molecular weight excluding hydrogens is 224 g/mol. The molecule has 2 atom stereocenters. The molecule has 0 aromatic carbocycles. The second-order valence-electron chi connectivity index (χ2n) is 2.51. The number of carbonyl (C=O) groups is 2. The Kier molecular flexibility index (Phi) is 5.60. The zero-order valence-electron chi connectivity index (χ0n) is 7.47. The van der Waals surface area contributed by atoms with Crippen molar-refractivity contribution in [3.63, 3.8) is 0 Å². The Labute approximate surface area is 90.0 Å². The Morgan fingerprint density at radius 3 is 2.71 bits per heavy atom. The van der Waals surface area contributed by atoms with Gasteiger partial charge in [-0.25, -0.2) is 4.79 Å². The molecule has 0 radical (unpaired) electrons. The van der Waals surface area contributed by atoms with E-state index in [9.17, 15) is 9.59 Å². The number of aliphatic carboxylic acids is 1. The molecule has 0 aromatic rings. The highest BCUT2D eigenvalue weighted by atomic mass is 32.2. The van der Waals surface area contributed by atoms with Crippen LogP contribution in [0.25, 0.3) is 0 Å². The molecule has 7 heteroatoms. The topological polar surface area (TPSA) is 104 Å². The highest BCUT2D eigenvalue weighted by Gasteiger charge is 2.42. The number of hydrogen-bond donors (Lipinski definition) is 2. The van der Waals surface area contributed by atoms with Crippen molar-refractivity contribution in [2.45, 2.75) is 10.8 Å². The van der Waals surface area contributed by atoms with Crippen LogP contribution in [-0.2, 0) is 9.59 Å². The minimum absolute atomic E-state index is 0.181. The van der Waals surface area contributed by atoms with Gasteiger partial charge in [-0.3, -0.25) is 0 Å². The Morgan fingerprint density at radius 1 is 1.86 bits per heavy atom. The molecule has 0 rings (SSSR count). The summed E-state index contributed by atoms with van der Waals surface area (Å²) >= 11 is 2.04. The van der Waals surface area contributed by atoms with E-state index in [1.165, 1.54) is 11.8 Å². The average Bonchev–Trinajstić information content (AvgIpc) is 2.16. The van der Waals surface area contributed by atoms with Gasteiger partial charge in [-0.05, 0) is 18.0 Å². The fourth-order valence-electron chi connectivity index (χ4n) is 0.748. The standard InChI is InChI=1S/C7H10N2O3S2/c1-13-2-5(14-4-8)7(9,3-10)6(11)12/h3,5H,2,9H2,1H3,(H,11,12). The number of nitriles is 1. The van der Waals surface area contributed by atoms with Crippen LogP contribution in [0.15, 0.2) is 0 Å². The van der Waals surface area contributed by atoms with Gasteiger partial charge in [0.1, 0.15) is 5.40 Å². The Morgan fingerprint density at radius 2 is 2.43 bits per heavy atom. The fraction of sp³-hybridized carbons (Fsp3) is 0.571. The third-order valence-electron chi connectivity index (χ3n) is 1.61. The van der Waals surface area contributed by atoms with E-state index >= 15 is 0 Å². The first-order valence-electron chi connectivity index (χ1n) is 3.55. The third-order valence-corrected chi connectivity index (χ3v) is 3.44. The summed E-state index contributed by atoms with van der Waals surface area (Å²) in [7, 11) is 0. The molecule has 0 aliphatic carbocycles. The van der Waals surface area contributed by atoms with Gasteiger partial charge in [0.2, 0.25) is 0 Å². The molecule has 3 N–H and O–H groups in total. The van der Waals surface area contributed by atoms with Crippen LogP contribution in [0.5, 0.6) is 0 Å². The van der Waals surface area contributed by atoms with E-state index in [1.807, 2.05) is 0 Å². The van der Waals surface area contributed by atoms with Gasteiger partial charge in [0.15, 0.2) is 11.8 Å². The summed E-state index contributed by atoms with van der Waals surface area (Å²) in [6, 6.07) is 0. The number of thiocyanates is 1. The quantitative estimate of drug-likeness (QED) is 0.376. The number of carbonyl (C=O) groups excluding carboxylic acids is 1. The predicted octanol–water partition coefficient (Wildman–Crippen LogP) is -0.0867. The lowest BCUT2D eigenvalue weighted by atomic mass is 10.00. The first-order valence-corrected chi connectivity index (χ1v) is 5.82. The Hall–Kier alpha value is -0.710. The van der Waals surface area contributed by atoms with Crippen LogP contribution in [0.3, 0.4) is 0 Å². The number of aldehydes is 1. The first-order chi connectivity index (χ1) is 6.52. The number of nitrogens with zero attached hydrogens (tertiary/aromatic N) is 1. The van der Waals surface area contributed by atoms with Crippen LogP contribution in [0.4, 0.5) is 0 Å². The maximum atomic E-state index is 10.8. The maximum absolute atomic E-state index is 10.8. The SMILES string of the molecule is CSCC(SC#N)C(N)(C=O)C(=O)O. The molecule has 0 bridgehead atoms. The van der Waals surface area contributed by atoms with Crippen molar-refractivity contribution in [3.05, 3.63) is 0 Å². The van der Waals surface area contributed by atoms with E-state index < -0.39 is 16.8 Å². The Bertz CT molecular complexity index is 266. The van der Waals surface area contributed by atoms with Crippen molar-refractivity contribution in [1.82, 2.24) is 0 Å². The molecule has 0 spiro atoms. The smallest absolute Gasteiger partial charge is 0.332 e. The summed E-state index contributed by atoms with van der Waals surface area (Å²) in [6.07, 6.45) is 1.93. The molecule has 0 heterocycles. The zero-order valence-corrected chi connectivity index (χ0v) is 9.10. The van der Waals surface area contributed by atoms with Gasteiger partial charge in [0.25, 0.3) is 0 Å². The summed E-state index contributed by atoms with van der Waals surface area (Å²) in [5, 5.41) is 18.2. The predicted molar refractivity (Wildman–Crippen MR) is 56.0 cm³/mol. The minimum atomic E-state index is -1.98. The summed E-state index contributed by atoms with van der Waals surface area (Å²) in [5.41, 5.74) is 3.42. The van der Waals surface area contributed by atoms with E-state index in [2.05, 4.69) is 0 Å². The molecule has 5 nitrogen and oxygen atoms in total. The van der Waals surface area contributed by atoms with Gasteiger partial charge < -0.3 is 15.6 Å². The minimum Gasteiger partial charge on any atom is -0.480 e. The molecule has 0 aliphatic rings. The summed E-state index contributed by atoms with van der Waals surface area (Å²) in [6.45, 7) is 0. The lowest BCUT2D eigenvalue weighted by molar-refractivity contribution is -0.145.